The van der Waals surface area contributed by atoms with Gasteiger partial charge in [-0.2, -0.15) is 0 Å². The lowest BCUT2D eigenvalue weighted by Crippen LogP contribution is -2.12. The van der Waals surface area contributed by atoms with Gasteiger partial charge in [0.25, 0.3) is 5.91 Å². The molecule has 4 aromatic rings. The maximum atomic E-state index is 15.3. The summed E-state index contributed by atoms with van der Waals surface area (Å²) in [6.45, 7) is 0.838. The van der Waals surface area contributed by atoms with Crippen molar-refractivity contribution in [3.05, 3.63) is 65.5 Å². The number of hydrogen-bond donors (Lipinski definition) is 3. The molecule has 0 saturated heterocycles. The molecule has 2 heterocycles. The minimum Gasteiger partial charge on any atom is -0.384 e. The van der Waals surface area contributed by atoms with Crippen molar-refractivity contribution in [1.29, 1.82) is 0 Å². The van der Waals surface area contributed by atoms with Gasteiger partial charge in [0.1, 0.15) is 5.82 Å². The molecule has 26 heavy (non-hydrogen) atoms. The molecule has 0 aliphatic carbocycles. The van der Waals surface area contributed by atoms with Crippen LogP contribution in [0.2, 0.25) is 0 Å². The fraction of sp³-hybridized carbons (Fsp3) is 0.0952. The second-order valence-electron chi connectivity index (χ2n) is 6.57. The van der Waals surface area contributed by atoms with E-state index >= 15 is 4.39 Å². The molecular weight excluding hydrogens is 329 g/mol. The van der Waals surface area contributed by atoms with E-state index < -0.39 is 11.7 Å². The fourth-order valence-corrected chi connectivity index (χ4v) is 4.03. The topological polar surface area (TPSA) is 70.9 Å². The van der Waals surface area contributed by atoms with Gasteiger partial charge in [0.15, 0.2) is 0 Å². The standard InChI is InChI=1S/C21H16FN3O/c22-15-10-14(21(23)26)20-19(13-4-1-2-6-17(13)25-20)18(15)12-5-3-7-16-11(12)8-9-24-16/h1-7,10,24-25H,8-9H2,(H2,23,26). The molecule has 4 nitrogen and oxygen atoms in total. The zero-order valence-corrected chi connectivity index (χ0v) is 13.9. The number of hydrogen-bond acceptors (Lipinski definition) is 2. The summed E-state index contributed by atoms with van der Waals surface area (Å²) in [5.74, 6) is -1.08. The molecule has 1 aromatic heterocycles. The van der Waals surface area contributed by atoms with Gasteiger partial charge in [0.05, 0.1) is 11.1 Å². The maximum Gasteiger partial charge on any atom is 0.250 e. The minimum atomic E-state index is -0.646. The number of para-hydroxylation sites is 1. The Balaban J connectivity index is 1.98. The number of aromatic nitrogens is 1. The molecule has 0 radical (unpaired) electrons. The molecule has 3 aromatic carbocycles. The van der Waals surface area contributed by atoms with Crippen molar-refractivity contribution in [1.82, 2.24) is 4.98 Å². The van der Waals surface area contributed by atoms with Gasteiger partial charge < -0.3 is 16.0 Å². The number of anilines is 1. The van der Waals surface area contributed by atoms with Gasteiger partial charge in [0, 0.05) is 34.1 Å². The lowest BCUT2D eigenvalue weighted by molar-refractivity contribution is 0.100. The quantitative estimate of drug-likeness (QED) is 0.510. The lowest BCUT2D eigenvalue weighted by atomic mass is 9.92. The number of benzene rings is 3. The van der Waals surface area contributed by atoms with E-state index in [0.717, 1.165) is 40.7 Å². The number of carbonyl (C=O) groups excluding carboxylic acids is 1. The van der Waals surface area contributed by atoms with Gasteiger partial charge in [-0.15, -0.1) is 0 Å². The third kappa shape index (κ3) is 1.97. The number of nitrogens with two attached hydrogens (primary N) is 1. The molecule has 0 atom stereocenters. The van der Waals surface area contributed by atoms with Crippen molar-refractivity contribution in [2.75, 3.05) is 11.9 Å². The summed E-state index contributed by atoms with van der Waals surface area (Å²) in [5.41, 5.74) is 10.6. The highest BCUT2D eigenvalue weighted by Crippen LogP contribution is 2.42. The SMILES string of the molecule is NC(=O)c1cc(F)c(-c2cccc3c2CCN3)c2c1[nH]c1ccccc12. The van der Waals surface area contributed by atoms with E-state index in [4.69, 9.17) is 5.73 Å². The molecule has 0 fully saturated rings. The number of rotatable bonds is 2. The van der Waals surface area contributed by atoms with Crippen LogP contribution in [0.4, 0.5) is 10.1 Å². The van der Waals surface area contributed by atoms with E-state index in [1.165, 1.54) is 6.07 Å². The summed E-state index contributed by atoms with van der Waals surface area (Å²) in [5, 5.41) is 4.92. The van der Waals surface area contributed by atoms with E-state index in [1.54, 1.807) is 0 Å². The number of amides is 1. The molecule has 0 bridgehead atoms. The van der Waals surface area contributed by atoms with Crippen LogP contribution in [0.25, 0.3) is 32.9 Å². The predicted molar refractivity (Wildman–Crippen MR) is 102 cm³/mol. The Hall–Kier alpha value is -3.34. The fourth-order valence-electron chi connectivity index (χ4n) is 4.03. The summed E-state index contributed by atoms with van der Waals surface area (Å²) >= 11 is 0. The highest BCUT2D eigenvalue weighted by Gasteiger charge is 2.24. The van der Waals surface area contributed by atoms with E-state index in [2.05, 4.69) is 10.3 Å². The molecule has 4 N–H and O–H groups in total. The van der Waals surface area contributed by atoms with E-state index in [-0.39, 0.29) is 5.56 Å². The normalized spacial score (nSPS) is 13.1. The van der Waals surface area contributed by atoms with Crippen LogP contribution in [0.1, 0.15) is 15.9 Å². The molecule has 0 spiro atoms. The number of nitrogens with one attached hydrogen (secondary N) is 2. The Morgan fingerprint density at radius 3 is 2.81 bits per heavy atom. The third-order valence-corrected chi connectivity index (χ3v) is 5.14. The maximum absolute atomic E-state index is 15.3. The number of H-pyrrole nitrogens is 1. The Morgan fingerprint density at radius 2 is 1.96 bits per heavy atom. The second kappa shape index (κ2) is 5.33. The Kier molecular flexibility index (Phi) is 3.06. The monoisotopic (exact) mass is 345 g/mol. The van der Waals surface area contributed by atoms with Crippen molar-refractivity contribution in [3.8, 4) is 11.1 Å². The molecule has 0 unspecified atom stereocenters. The summed E-state index contributed by atoms with van der Waals surface area (Å²) in [6, 6.07) is 14.8. The largest absolute Gasteiger partial charge is 0.384 e. The number of primary amides is 1. The molecule has 1 amide bonds. The van der Waals surface area contributed by atoms with Crippen molar-refractivity contribution >= 4 is 33.4 Å². The summed E-state index contributed by atoms with van der Waals surface area (Å²) < 4.78 is 15.3. The first kappa shape index (κ1) is 15.0. The molecule has 128 valence electrons. The molecule has 5 rings (SSSR count). The number of carbonyl (C=O) groups is 1. The highest BCUT2D eigenvalue weighted by atomic mass is 19.1. The summed E-state index contributed by atoms with van der Waals surface area (Å²) in [7, 11) is 0. The Bertz CT molecular complexity index is 1210. The van der Waals surface area contributed by atoms with Crippen LogP contribution in [-0.2, 0) is 6.42 Å². The van der Waals surface area contributed by atoms with E-state index in [1.807, 2.05) is 42.5 Å². The zero-order valence-electron chi connectivity index (χ0n) is 13.9. The van der Waals surface area contributed by atoms with E-state index in [9.17, 15) is 4.79 Å². The van der Waals surface area contributed by atoms with Crippen molar-refractivity contribution in [3.63, 3.8) is 0 Å². The van der Waals surface area contributed by atoms with Crippen LogP contribution in [0.5, 0.6) is 0 Å². The van der Waals surface area contributed by atoms with Crippen LogP contribution in [0.15, 0.2) is 48.5 Å². The van der Waals surface area contributed by atoms with Crippen LogP contribution in [0, 0.1) is 5.82 Å². The number of fused-ring (bicyclic) bond motifs is 4. The third-order valence-electron chi connectivity index (χ3n) is 5.14. The Morgan fingerprint density at radius 1 is 1.12 bits per heavy atom. The summed E-state index contributed by atoms with van der Waals surface area (Å²) in [4.78, 5) is 15.2. The lowest BCUT2D eigenvalue weighted by Gasteiger charge is -2.13. The van der Waals surface area contributed by atoms with E-state index in [0.29, 0.717) is 16.5 Å². The van der Waals surface area contributed by atoms with Crippen LogP contribution < -0.4 is 11.1 Å². The average molecular weight is 345 g/mol. The van der Waals surface area contributed by atoms with Crippen LogP contribution >= 0.6 is 0 Å². The van der Waals surface area contributed by atoms with Crippen molar-refractivity contribution < 1.29 is 9.18 Å². The summed E-state index contributed by atoms with van der Waals surface area (Å²) in [6.07, 6.45) is 0.840. The first-order valence-corrected chi connectivity index (χ1v) is 8.54. The Labute approximate surface area is 148 Å². The van der Waals surface area contributed by atoms with Gasteiger partial charge in [-0.25, -0.2) is 4.39 Å². The van der Waals surface area contributed by atoms with Gasteiger partial charge in [-0.3, -0.25) is 4.79 Å². The first-order chi connectivity index (χ1) is 12.6. The van der Waals surface area contributed by atoms with Gasteiger partial charge in [0.2, 0.25) is 0 Å². The zero-order chi connectivity index (χ0) is 17.8. The predicted octanol–water partition coefficient (Wildman–Crippen LogP) is 4.19. The van der Waals surface area contributed by atoms with Gasteiger partial charge >= 0.3 is 0 Å². The van der Waals surface area contributed by atoms with Crippen LogP contribution in [0.3, 0.4) is 0 Å². The highest BCUT2D eigenvalue weighted by molar-refractivity contribution is 6.20. The molecular formula is C21H16FN3O. The first-order valence-electron chi connectivity index (χ1n) is 8.54. The second-order valence-corrected chi connectivity index (χ2v) is 6.57. The number of halogens is 1. The van der Waals surface area contributed by atoms with Gasteiger partial charge in [-0.1, -0.05) is 30.3 Å². The molecule has 0 saturated carbocycles. The van der Waals surface area contributed by atoms with Crippen molar-refractivity contribution in [2.24, 2.45) is 5.73 Å². The average Bonchev–Trinajstić information content (AvgIpc) is 3.25. The van der Waals surface area contributed by atoms with Gasteiger partial charge in [-0.05, 0) is 35.7 Å². The smallest absolute Gasteiger partial charge is 0.250 e. The molecule has 1 aliphatic rings. The molecule has 1 aliphatic heterocycles. The van der Waals surface area contributed by atoms with Crippen molar-refractivity contribution in [2.45, 2.75) is 6.42 Å². The number of aromatic amines is 1. The minimum absolute atomic E-state index is 0.170. The molecule has 5 heteroatoms. The van der Waals surface area contributed by atoms with Crippen LogP contribution in [-0.4, -0.2) is 17.4 Å².